The minimum atomic E-state index is -0.419. The Kier molecular flexibility index (Phi) is 4.20. The highest BCUT2D eigenvalue weighted by atomic mass is 19.1. The highest BCUT2D eigenvalue weighted by molar-refractivity contribution is 6.13. The van der Waals surface area contributed by atoms with Crippen molar-refractivity contribution in [1.82, 2.24) is 0 Å². The van der Waals surface area contributed by atoms with E-state index in [4.69, 9.17) is 4.74 Å². The maximum atomic E-state index is 14.4. The minimum Gasteiger partial charge on any atom is -0.496 e. The van der Waals surface area contributed by atoms with Crippen molar-refractivity contribution in [3.63, 3.8) is 0 Å². The fourth-order valence-electron chi connectivity index (χ4n) is 2.58. The van der Waals surface area contributed by atoms with Gasteiger partial charge in [0.05, 0.1) is 12.7 Å². The molecule has 0 aliphatic carbocycles. The normalized spacial score (nSPS) is 10.3. The van der Waals surface area contributed by atoms with Crippen LogP contribution in [-0.4, -0.2) is 12.9 Å². The van der Waals surface area contributed by atoms with Crippen LogP contribution >= 0.6 is 0 Å². The van der Waals surface area contributed by atoms with Gasteiger partial charge in [-0.05, 0) is 17.7 Å². The Bertz CT molecular complexity index is 841. The van der Waals surface area contributed by atoms with Gasteiger partial charge >= 0.3 is 0 Å². The lowest BCUT2D eigenvalue weighted by Gasteiger charge is -2.13. The van der Waals surface area contributed by atoms with Crippen LogP contribution in [0, 0.1) is 5.82 Å². The Balaban J connectivity index is 2.19. The summed E-state index contributed by atoms with van der Waals surface area (Å²) in [6, 6.07) is 20.6. The molecule has 0 amide bonds. The van der Waals surface area contributed by atoms with Crippen molar-refractivity contribution in [1.29, 1.82) is 0 Å². The lowest BCUT2D eigenvalue weighted by atomic mass is 9.93. The number of benzene rings is 3. The van der Waals surface area contributed by atoms with Crippen LogP contribution in [0.25, 0.3) is 11.1 Å². The molecule has 0 fully saturated rings. The molecule has 0 atom stereocenters. The first-order valence-corrected chi connectivity index (χ1v) is 7.24. The molecule has 0 spiro atoms. The first kappa shape index (κ1) is 15.0. The zero-order chi connectivity index (χ0) is 16.2. The van der Waals surface area contributed by atoms with E-state index in [1.807, 2.05) is 6.07 Å². The van der Waals surface area contributed by atoms with Gasteiger partial charge in [-0.2, -0.15) is 0 Å². The largest absolute Gasteiger partial charge is 0.496 e. The number of carbonyl (C=O) groups is 1. The average molecular weight is 306 g/mol. The molecule has 0 aliphatic rings. The van der Waals surface area contributed by atoms with E-state index in [2.05, 4.69) is 0 Å². The molecule has 0 saturated heterocycles. The van der Waals surface area contributed by atoms with E-state index in [1.165, 1.54) is 13.2 Å². The number of hydrogen-bond acceptors (Lipinski definition) is 2. The molecule has 2 nitrogen and oxygen atoms in total. The zero-order valence-electron chi connectivity index (χ0n) is 12.6. The predicted octanol–water partition coefficient (Wildman–Crippen LogP) is 4.73. The molecule has 0 heterocycles. The second kappa shape index (κ2) is 6.44. The topological polar surface area (TPSA) is 26.3 Å². The standard InChI is InChI=1S/C20H15FO2/c1-23-18-13-7-12-17(21)19(18)15-10-5-6-11-16(15)20(22)14-8-3-2-4-9-14/h2-13H,1H3. The van der Waals surface area contributed by atoms with Gasteiger partial charge in [0.2, 0.25) is 0 Å². The lowest BCUT2D eigenvalue weighted by molar-refractivity contribution is 0.103. The van der Waals surface area contributed by atoms with E-state index in [9.17, 15) is 9.18 Å². The van der Waals surface area contributed by atoms with Gasteiger partial charge in [0, 0.05) is 11.1 Å². The van der Waals surface area contributed by atoms with Crippen molar-refractivity contribution < 1.29 is 13.9 Å². The Morgan fingerprint density at radius 3 is 2.30 bits per heavy atom. The number of ketones is 1. The summed E-state index contributed by atoms with van der Waals surface area (Å²) in [5, 5.41) is 0. The van der Waals surface area contributed by atoms with E-state index in [0.717, 1.165) is 0 Å². The third-order valence-corrected chi connectivity index (χ3v) is 3.67. The van der Waals surface area contributed by atoms with Gasteiger partial charge < -0.3 is 4.74 Å². The van der Waals surface area contributed by atoms with Crippen LogP contribution in [0.15, 0.2) is 72.8 Å². The number of carbonyl (C=O) groups excluding carboxylic acids is 1. The molecule has 0 saturated carbocycles. The molecule has 3 aromatic rings. The van der Waals surface area contributed by atoms with Crippen LogP contribution in [0.2, 0.25) is 0 Å². The van der Waals surface area contributed by atoms with Crippen LogP contribution in [0.4, 0.5) is 4.39 Å². The summed E-state index contributed by atoms with van der Waals surface area (Å²) in [5.41, 5.74) is 1.84. The second-order valence-corrected chi connectivity index (χ2v) is 5.06. The molecular formula is C20H15FO2. The van der Waals surface area contributed by atoms with Crippen LogP contribution in [0.1, 0.15) is 15.9 Å². The van der Waals surface area contributed by atoms with E-state index in [0.29, 0.717) is 28.0 Å². The zero-order valence-corrected chi connectivity index (χ0v) is 12.6. The number of rotatable bonds is 4. The fraction of sp³-hybridized carbons (Fsp3) is 0.0500. The number of halogens is 1. The predicted molar refractivity (Wildman–Crippen MR) is 88.3 cm³/mol. The molecule has 0 aromatic heterocycles. The summed E-state index contributed by atoms with van der Waals surface area (Å²) in [6.45, 7) is 0. The Labute approximate surface area is 134 Å². The molecule has 3 heteroatoms. The first-order valence-electron chi connectivity index (χ1n) is 7.24. The number of methoxy groups -OCH3 is 1. The van der Waals surface area contributed by atoms with Crippen LogP contribution in [-0.2, 0) is 0 Å². The minimum absolute atomic E-state index is 0.147. The van der Waals surface area contributed by atoms with E-state index < -0.39 is 5.82 Å². The summed E-state index contributed by atoms with van der Waals surface area (Å²) in [4.78, 5) is 12.8. The molecule has 0 bridgehead atoms. The van der Waals surface area contributed by atoms with Crippen molar-refractivity contribution >= 4 is 5.78 Å². The highest BCUT2D eigenvalue weighted by Gasteiger charge is 2.19. The fourth-order valence-corrected chi connectivity index (χ4v) is 2.58. The van der Waals surface area contributed by atoms with Gasteiger partial charge in [-0.3, -0.25) is 4.79 Å². The van der Waals surface area contributed by atoms with Crippen molar-refractivity contribution in [3.05, 3.63) is 89.7 Å². The van der Waals surface area contributed by atoms with Gasteiger partial charge in [0.25, 0.3) is 0 Å². The SMILES string of the molecule is COc1cccc(F)c1-c1ccccc1C(=O)c1ccccc1. The maximum absolute atomic E-state index is 14.4. The van der Waals surface area contributed by atoms with E-state index in [1.54, 1.807) is 60.7 Å². The molecule has 0 N–H and O–H groups in total. The molecule has 0 radical (unpaired) electrons. The van der Waals surface area contributed by atoms with Gasteiger partial charge in [-0.1, -0.05) is 60.7 Å². The summed E-state index contributed by atoms with van der Waals surface area (Å²) in [7, 11) is 1.49. The molecular weight excluding hydrogens is 291 g/mol. The summed E-state index contributed by atoms with van der Waals surface area (Å²) in [6.07, 6.45) is 0. The molecule has 3 rings (SSSR count). The Morgan fingerprint density at radius 2 is 1.57 bits per heavy atom. The highest BCUT2D eigenvalue weighted by Crippen LogP contribution is 2.35. The third-order valence-electron chi connectivity index (χ3n) is 3.67. The molecule has 23 heavy (non-hydrogen) atoms. The second-order valence-electron chi connectivity index (χ2n) is 5.06. The molecule has 3 aromatic carbocycles. The monoisotopic (exact) mass is 306 g/mol. The van der Waals surface area contributed by atoms with Crippen molar-refractivity contribution in [3.8, 4) is 16.9 Å². The Morgan fingerprint density at radius 1 is 0.870 bits per heavy atom. The van der Waals surface area contributed by atoms with E-state index in [-0.39, 0.29) is 5.78 Å². The van der Waals surface area contributed by atoms with Crippen molar-refractivity contribution in [2.45, 2.75) is 0 Å². The van der Waals surface area contributed by atoms with Gasteiger partial charge in [-0.25, -0.2) is 4.39 Å². The molecule has 0 aliphatic heterocycles. The Hall–Kier alpha value is -2.94. The average Bonchev–Trinajstić information content (AvgIpc) is 2.61. The van der Waals surface area contributed by atoms with Gasteiger partial charge in [-0.15, -0.1) is 0 Å². The van der Waals surface area contributed by atoms with Crippen LogP contribution in [0.3, 0.4) is 0 Å². The lowest BCUT2D eigenvalue weighted by Crippen LogP contribution is -2.04. The molecule has 114 valence electrons. The van der Waals surface area contributed by atoms with Gasteiger partial charge in [0.1, 0.15) is 11.6 Å². The summed E-state index contributed by atoms with van der Waals surface area (Å²) < 4.78 is 19.6. The summed E-state index contributed by atoms with van der Waals surface area (Å²) >= 11 is 0. The van der Waals surface area contributed by atoms with Crippen LogP contribution < -0.4 is 4.74 Å². The smallest absolute Gasteiger partial charge is 0.193 e. The quantitative estimate of drug-likeness (QED) is 0.651. The number of hydrogen-bond donors (Lipinski definition) is 0. The van der Waals surface area contributed by atoms with E-state index >= 15 is 0 Å². The van der Waals surface area contributed by atoms with Crippen molar-refractivity contribution in [2.75, 3.05) is 7.11 Å². The first-order chi connectivity index (χ1) is 11.2. The number of ether oxygens (including phenoxy) is 1. The summed E-state index contributed by atoms with van der Waals surface area (Å²) in [5.74, 6) is -0.164. The third kappa shape index (κ3) is 2.86. The van der Waals surface area contributed by atoms with Crippen LogP contribution in [0.5, 0.6) is 5.75 Å². The van der Waals surface area contributed by atoms with Crippen molar-refractivity contribution in [2.24, 2.45) is 0 Å². The maximum Gasteiger partial charge on any atom is 0.193 e. The molecule has 0 unspecified atom stereocenters. The van der Waals surface area contributed by atoms with Gasteiger partial charge in [0.15, 0.2) is 5.78 Å².